The van der Waals surface area contributed by atoms with Gasteiger partial charge in [-0.05, 0) is 131 Å². The van der Waals surface area contributed by atoms with Gasteiger partial charge >= 0.3 is 0 Å². The van der Waals surface area contributed by atoms with Gasteiger partial charge in [0.05, 0.1) is 22.3 Å². The second kappa shape index (κ2) is 14.6. The fraction of sp³-hybridized carbons (Fsp3) is 0.237. The second-order valence-electron chi connectivity index (χ2n) is 20.1. The first-order valence-electron chi connectivity index (χ1n) is 22.3. The molecule has 0 bridgehead atoms. The van der Waals surface area contributed by atoms with Crippen molar-refractivity contribution in [2.45, 2.75) is 91.9 Å². The van der Waals surface area contributed by atoms with Gasteiger partial charge in [-0.2, -0.15) is 0 Å². The predicted octanol–water partition coefficient (Wildman–Crippen LogP) is 17.1. The summed E-state index contributed by atoms with van der Waals surface area (Å²) in [6.07, 6.45) is 0. The van der Waals surface area contributed by atoms with E-state index in [1.54, 1.807) is 0 Å². The Labute approximate surface area is 366 Å². The maximum absolute atomic E-state index is 6.95. The molecule has 0 saturated heterocycles. The van der Waals surface area contributed by atoms with E-state index in [0.29, 0.717) is 0 Å². The van der Waals surface area contributed by atoms with Crippen molar-refractivity contribution in [3.05, 3.63) is 168 Å². The molecule has 308 valence electrons. The molecule has 3 nitrogen and oxygen atoms in total. The highest BCUT2D eigenvalue weighted by Crippen LogP contribution is 2.44. The lowest BCUT2D eigenvalue weighted by molar-refractivity contribution is 0.569. The monoisotopic (exact) mass is 808 g/mol. The van der Waals surface area contributed by atoms with Gasteiger partial charge < -0.3 is 4.42 Å². The lowest BCUT2D eigenvalue weighted by Crippen LogP contribution is -2.16. The Balaban J connectivity index is 1.14. The largest absolute Gasteiger partial charge is 0.455 e. The molecule has 2 heterocycles. The number of nitrogens with zero attached hydrogens (tertiary/aromatic N) is 2. The SMILES string of the molecule is CC(C)c1cc(-c2ccc(-c3cc(C(C)(C)C)cc(C(C)(C)C)c3)cc2)cc(C(C)C)c1-n1c(-c2cccc3c2oc2cc4c(ccc5ccccc54)cc23)nc2ccccc21. The Morgan fingerprint density at radius 2 is 1.06 bits per heavy atom. The number of furan rings is 1. The van der Waals surface area contributed by atoms with E-state index in [-0.39, 0.29) is 22.7 Å². The molecule has 0 radical (unpaired) electrons. The van der Waals surface area contributed by atoms with Gasteiger partial charge in [0.25, 0.3) is 0 Å². The maximum atomic E-state index is 6.95. The Morgan fingerprint density at radius 1 is 0.484 bits per heavy atom. The van der Waals surface area contributed by atoms with E-state index >= 15 is 0 Å². The molecule has 0 N–H and O–H groups in total. The minimum Gasteiger partial charge on any atom is -0.455 e. The molecular formula is C59H56N2O. The van der Waals surface area contributed by atoms with Gasteiger partial charge in [-0.1, -0.05) is 172 Å². The summed E-state index contributed by atoms with van der Waals surface area (Å²) in [4.78, 5) is 5.44. The van der Waals surface area contributed by atoms with E-state index in [4.69, 9.17) is 9.40 Å². The van der Waals surface area contributed by atoms with Crippen molar-refractivity contribution in [1.29, 1.82) is 0 Å². The van der Waals surface area contributed by atoms with E-state index in [1.165, 1.54) is 71.7 Å². The van der Waals surface area contributed by atoms with Crippen LogP contribution in [0.25, 0.3) is 93.8 Å². The molecule has 62 heavy (non-hydrogen) atoms. The third-order valence-electron chi connectivity index (χ3n) is 13.0. The summed E-state index contributed by atoms with van der Waals surface area (Å²) in [5, 5.41) is 7.08. The average Bonchev–Trinajstić information content (AvgIpc) is 3.82. The molecule has 0 aliphatic heterocycles. The van der Waals surface area contributed by atoms with Gasteiger partial charge in [0, 0.05) is 10.8 Å². The third kappa shape index (κ3) is 6.70. The van der Waals surface area contributed by atoms with Crippen molar-refractivity contribution < 1.29 is 4.42 Å². The molecule has 0 aliphatic carbocycles. The Bertz CT molecular complexity index is 3300. The molecule has 8 aromatic carbocycles. The van der Waals surface area contributed by atoms with Crippen LogP contribution in [0.4, 0.5) is 0 Å². The van der Waals surface area contributed by atoms with Crippen LogP contribution < -0.4 is 0 Å². The Morgan fingerprint density at radius 3 is 1.71 bits per heavy atom. The first-order chi connectivity index (χ1) is 29.6. The summed E-state index contributed by atoms with van der Waals surface area (Å²) in [6.45, 7) is 23.1. The quantitative estimate of drug-likeness (QED) is 0.157. The normalized spacial score (nSPS) is 12.6. The second-order valence-corrected chi connectivity index (χ2v) is 20.1. The standard InChI is InChI=1S/C59H56N2O/c1-35(2)48-31-42(38-24-22-37(23-25-38)41-28-43(58(5,6)7)33-44(29-41)59(8,9)10)32-49(36(3)4)55(48)61-53-21-14-13-20-52(53)60-57(61)47-19-15-18-46-51-30-40-27-26-39-16-11-12-17-45(39)50(40)34-54(51)62-56(46)47/h11-36H,1-10H3. The van der Waals surface area contributed by atoms with Crippen LogP contribution in [-0.4, -0.2) is 9.55 Å². The molecule has 3 heteroatoms. The lowest BCUT2D eigenvalue weighted by atomic mass is 9.79. The van der Waals surface area contributed by atoms with E-state index in [1.807, 2.05) is 0 Å². The van der Waals surface area contributed by atoms with Gasteiger partial charge in [-0.15, -0.1) is 0 Å². The molecule has 0 spiro atoms. The van der Waals surface area contributed by atoms with Crippen LogP contribution in [0.2, 0.25) is 0 Å². The highest BCUT2D eigenvalue weighted by molar-refractivity contribution is 6.17. The van der Waals surface area contributed by atoms with Gasteiger partial charge in [0.15, 0.2) is 0 Å². The Kier molecular flexibility index (Phi) is 9.33. The number of hydrogen-bond acceptors (Lipinski definition) is 2. The fourth-order valence-electron chi connectivity index (χ4n) is 9.41. The van der Waals surface area contributed by atoms with E-state index in [9.17, 15) is 0 Å². The number of para-hydroxylation sites is 3. The molecular weight excluding hydrogens is 753 g/mol. The molecule has 10 rings (SSSR count). The fourth-order valence-corrected chi connectivity index (χ4v) is 9.41. The zero-order valence-corrected chi connectivity index (χ0v) is 37.8. The molecule has 0 aliphatic rings. The van der Waals surface area contributed by atoms with Crippen LogP contribution >= 0.6 is 0 Å². The summed E-state index contributed by atoms with van der Waals surface area (Å²) in [5.41, 5.74) is 16.4. The molecule has 0 atom stereocenters. The minimum absolute atomic E-state index is 0.0576. The number of rotatable bonds is 6. The first-order valence-corrected chi connectivity index (χ1v) is 22.3. The van der Waals surface area contributed by atoms with Crippen molar-refractivity contribution in [3.8, 4) is 39.3 Å². The summed E-state index contributed by atoms with van der Waals surface area (Å²) < 4.78 is 9.37. The predicted molar refractivity (Wildman–Crippen MR) is 265 cm³/mol. The Hall–Kier alpha value is -6.45. The summed E-state index contributed by atoms with van der Waals surface area (Å²) in [6, 6.07) is 53.9. The molecule has 10 aromatic rings. The van der Waals surface area contributed by atoms with Crippen molar-refractivity contribution in [2.75, 3.05) is 0 Å². The maximum Gasteiger partial charge on any atom is 0.149 e. The first kappa shape index (κ1) is 39.7. The number of hydrogen-bond donors (Lipinski definition) is 0. The molecule has 0 fully saturated rings. The van der Waals surface area contributed by atoms with Crippen molar-refractivity contribution >= 4 is 54.5 Å². The van der Waals surface area contributed by atoms with E-state index < -0.39 is 0 Å². The van der Waals surface area contributed by atoms with Crippen molar-refractivity contribution in [3.63, 3.8) is 0 Å². The number of benzene rings is 8. The van der Waals surface area contributed by atoms with Crippen LogP contribution in [0.5, 0.6) is 0 Å². The zero-order valence-electron chi connectivity index (χ0n) is 37.8. The molecule has 0 saturated carbocycles. The van der Waals surface area contributed by atoms with Crippen molar-refractivity contribution in [1.82, 2.24) is 9.55 Å². The third-order valence-corrected chi connectivity index (χ3v) is 13.0. The number of fused-ring (bicyclic) bond motifs is 7. The van der Waals surface area contributed by atoms with Gasteiger partial charge in [0.2, 0.25) is 0 Å². The van der Waals surface area contributed by atoms with Gasteiger partial charge in [-0.25, -0.2) is 4.98 Å². The van der Waals surface area contributed by atoms with Crippen molar-refractivity contribution in [2.24, 2.45) is 0 Å². The summed E-state index contributed by atoms with van der Waals surface area (Å²) in [5.74, 6) is 1.38. The number of aromatic nitrogens is 2. The average molecular weight is 809 g/mol. The summed E-state index contributed by atoms with van der Waals surface area (Å²) >= 11 is 0. The van der Waals surface area contributed by atoms with Gasteiger partial charge in [-0.3, -0.25) is 4.57 Å². The van der Waals surface area contributed by atoms with E-state index in [2.05, 4.69) is 219 Å². The van der Waals surface area contributed by atoms with Crippen LogP contribution in [-0.2, 0) is 10.8 Å². The molecule has 0 unspecified atom stereocenters. The van der Waals surface area contributed by atoms with Crippen LogP contribution in [0.15, 0.2) is 150 Å². The molecule has 0 amide bonds. The molecule has 2 aromatic heterocycles. The highest BCUT2D eigenvalue weighted by atomic mass is 16.3. The van der Waals surface area contributed by atoms with E-state index in [0.717, 1.165) is 44.4 Å². The van der Waals surface area contributed by atoms with Crippen LogP contribution in [0.1, 0.15) is 103 Å². The minimum atomic E-state index is 0.0576. The van der Waals surface area contributed by atoms with Crippen LogP contribution in [0.3, 0.4) is 0 Å². The van der Waals surface area contributed by atoms with Gasteiger partial charge in [0.1, 0.15) is 17.0 Å². The summed E-state index contributed by atoms with van der Waals surface area (Å²) in [7, 11) is 0. The smallest absolute Gasteiger partial charge is 0.149 e. The zero-order chi connectivity index (χ0) is 43.2. The highest BCUT2D eigenvalue weighted by Gasteiger charge is 2.26. The lowest BCUT2D eigenvalue weighted by Gasteiger charge is -2.26. The van der Waals surface area contributed by atoms with Crippen LogP contribution in [0, 0.1) is 0 Å². The number of imidazole rings is 1. The topological polar surface area (TPSA) is 31.0 Å².